The SMILES string of the molecule is CN(C(=O)c1ccc(F)cc1)c1nc(-c2cc(NCC(F)(F)F)ncn2)cs1. The fourth-order valence-corrected chi connectivity index (χ4v) is 2.98. The standard InChI is InChI=1S/C17H13F4N5OS/c1-26(15(27)10-2-4-11(18)5-3-10)16-25-13(7-28-16)12-6-14(24-9-23-12)22-8-17(19,20)21/h2-7,9H,8H2,1H3,(H,22,23,24). The third-order valence-electron chi connectivity index (χ3n) is 3.57. The van der Waals surface area contributed by atoms with E-state index in [9.17, 15) is 22.4 Å². The molecule has 0 aliphatic heterocycles. The quantitative estimate of drug-likeness (QED) is 0.643. The van der Waals surface area contributed by atoms with Crippen LogP contribution in [0.1, 0.15) is 10.4 Å². The van der Waals surface area contributed by atoms with Gasteiger partial charge in [0, 0.05) is 24.1 Å². The summed E-state index contributed by atoms with van der Waals surface area (Å²) in [6.07, 6.45) is -3.25. The molecular formula is C17H13F4N5OS. The molecule has 28 heavy (non-hydrogen) atoms. The molecule has 0 atom stereocenters. The van der Waals surface area contributed by atoms with Gasteiger partial charge in [-0.25, -0.2) is 19.3 Å². The molecule has 0 saturated carbocycles. The third kappa shape index (κ3) is 4.80. The van der Waals surface area contributed by atoms with Gasteiger partial charge in [0.15, 0.2) is 5.13 Å². The van der Waals surface area contributed by atoms with Crippen LogP contribution in [0.25, 0.3) is 11.4 Å². The van der Waals surface area contributed by atoms with Crippen molar-refractivity contribution in [3.8, 4) is 11.4 Å². The second kappa shape index (κ2) is 7.89. The number of benzene rings is 1. The number of carbonyl (C=O) groups excluding carboxylic acids is 1. The lowest BCUT2D eigenvalue weighted by Gasteiger charge is -2.13. The van der Waals surface area contributed by atoms with Crippen molar-refractivity contribution in [1.29, 1.82) is 0 Å². The Hall–Kier alpha value is -3.08. The number of aromatic nitrogens is 3. The van der Waals surface area contributed by atoms with E-state index in [1.807, 2.05) is 0 Å². The van der Waals surface area contributed by atoms with Crippen LogP contribution in [0.5, 0.6) is 0 Å². The number of alkyl halides is 3. The Labute approximate surface area is 160 Å². The average Bonchev–Trinajstić information content (AvgIpc) is 3.16. The number of amides is 1. The van der Waals surface area contributed by atoms with Crippen LogP contribution in [-0.4, -0.2) is 40.6 Å². The number of carbonyl (C=O) groups is 1. The molecule has 0 bridgehead atoms. The molecular weight excluding hydrogens is 398 g/mol. The maximum Gasteiger partial charge on any atom is 0.405 e. The van der Waals surface area contributed by atoms with Crippen molar-refractivity contribution in [2.75, 3.05) is 23.8 Å². The van der Waals surface area contributed by atoms with Gasteiger partial charge in [-0.15, -0.1) is 11.3 Å². The van der Waals surface area contributed by atoms with Gasteiger partial charge in [0.1, 0.15) is 30.2 Å². The van der Waals surface area contributed by atoms with Gasteiger partial charge < -0.3 is 5.32 Å². The van der Waals surface area contributed by atoms with E-state index in [2.05, 4.69) is 20.3 Å². The van der Waals surface area contributed by atoms with Crippen LogP contribution in [-0.2, 0) is 0 Å². The van der Waals surface area contributed by atoms with Crippen LogP contribution in [0.15, 0.2) is 42.0 Å². The fourth-order valence-electron chi connectivity index (χ4n) is 2.19. The highest BCUT2D eigenvalue weighted by Gasteiger charge is 2.27. The van der Waals surface area contributed by atoms with E-state index in [1.54, 1.807) is 5.38 Å². The molecule has 11 heteroatoms. The molecule has 2 aromatic heterocycles. The first-order chi connectivity index (χ1) is 13.2. The first-order valence-corrected chi connectivity index (χ1v) is 8.73. The van der Waals surface area contributed by atoms with Crippen molar-refractivity contribution < 1.29 is 22.4 Å². The summed E-state index contributed by atoms with van der Waals surface area (Å²) in [6, 6.07) is 6.44. The van der Waals surface area contributed by atoms with Crippen molar-refractivity contribution in [3.63, 3.8) is 0 Å². The summed E-state index contributed by atoms with van der Waals surface area (Å²) in [5.74, 6) is -0.821. The van der Waals surface area contributed by atoms with E-state index in [1.165, 1.54) is 42.3 Å². The van der Waals surface area contributed by atoms with Gasteiger partial charge in [-0.2, -0.15) is 13.2 Å². The van der Waals surface area contributed by atoms with Gasteiger partial charge in [-0.05, 0) is 24.3 Å². The van der Waals surface area contributed by atoms with Gasteiger partial charge in [-0.1, -0.05) is 0 Å². The van der Waals surface area contributed by atoms with Gasteiger partial charge in [0.25, 0.3) is 5.91 Å². The van der Waals surface area contributed by atoms with E-state index in [-0.39, 0.29) is 11.7 Å². The van der Waals surface area contributed by atoms with E-state index < -0.39 is 18.5 Å². The lowest BCUT2D eigenvalue weighted by molar-refractivity contribution is -0.115. The second-order valence-corrected chi connectivity index (χ2v) is 6.48. The Kier molecular flexibility index (Phi) is 5.54. The van der Waals surface area contributed by atoms with E-state index in [0.29, 0.717) is 22.1 Å². The van der Waals surface area contributed by atoms with Crippen LogP contribution in [0, 0.1) is 5.82 Å². The van der Waals surface area contributed by atoms with Gasteiger partial charge in [-0.3, -0.25) is 9.69 Å². The summed E-state index contributed by atoms with van der Waals surface area (Å²) in [7, 11) is 1.52. The summed E-state index contributed by atoms with van der Waals surface area (Å²) >= 11 is 1.16. The molecule has 0 radical (unpaired) electrons. The molecule has 1 N–H and O–H groups in total. The Balaban J connectivity index is 1.76. The predicted octanol–water partition coefficient (Wildman–Crippen LogP) is 3.99. The number of rotatable bonds is 5. The zero-order chi connectivity index (χ0) is 20.3. The zero-order valence-corrected chi connectivity index (χ0v) is 15.2. The van der Waals surface area contributed by atoms with E-state index in [4.69, 9.17) is 0 Å². The smallest absolute Gasteiger partial charge is 0.361 e. The Morgan fingerprint density at radius 3 is 2.57 bits per heavy atom. The monoisotopic (exact) mass is 411 g/mol. The van der Waals surface area contributed by atoms with Crippen molar-refractivity contribution in [2.45, 2.75) is 6.18 Å². The van der Waals surface area contributed by atoms with Gasteiger partial charge in [0.05, 0.1) is 5.69 Å². The summed E-state index contributed by atoms with van der Waals surface area (Å²) in [5, 5.41) is 4.15. The highest BCUT2D eigenvalue weighted by Crippen LogP contribution is 2.27. The number of thiazole rings is 1. The van der Waals surface area contributed by atoms with Crippen LogP contribution in [0.4, 0.5) is 28.5 Å². The van der Waals surface area contributed by atoms with Crippen LogP contribution in [0.3, 0.4) is 0 Å². The fraction of sp³-hybridized carbons (Fsp3) is 0.176. The molecule has 2 heterocycles. The number of halogens is 4. The summed E-state index contributed by atoms with van der Waals surface area (Å²) in [6.45, 7) is -1.22. The first kappa shape index (κ1) is 19.7. The van der Waals surface area contributed by atoms with E-state index >= 15 is 0 Å². The molecule has 0 aliphatic rings. The molecule has 0 spiro atoms. The van der Waals surface area contributed by atoms with Crippen LogP contribution < -0.4 is 10.2 Å². The third-order valence-corrected chi connectivity index (χ3v) is 4.49. The minimum Gasteiger partial charge on any atom is -0.361 e. The summed E-state index contributed by atoms with van der Waals surface area (Å²) in [4.78, 5) is 25.8. The number of hydrogen-bond acceptors (Lipinski definition) is 6. The number of nitrogens with one attached hydrogen (secondary N) is 1. The zero-order valence-electron chi connectivity index (χ0n) is 14.4. The predicted molar refractivity (Wildman–Crippen MR) is 96.8 cm³/mol. The molecule has 0 unspecified atom stereocenters. The summed E-state index contributed by atoms with van der Waals surface area (Å²) in [5.41, 5.74) is 0.988. The second-order valence-electron chi connectivity index (χ2n) is 5.64. The Morgan fingerprint density at radius 2 is 1.89 bits per heavy atom. The van der Waals surface area contributed by atoms with Crippen LogP contribution >= 0.6 is 11.3 Å². The molecule has 3 aromatic rings. The van der Waals surface area contributed by atoms with Crippen molar-refractivity contribution >= 4 is 28.2 Å². The van der Waals surface area contributed by atoms with E-state index in [0.717, 1.165) is 17.7 Å². The largest absolute Gasteiger partial charge is 0.405 e. The normalized spacial score (nSPS) is 11.3. The summed E-state index contributed by atoms with van der Waals surface area (Å²) < 4.78 is 50.0. The number of hydrogen-bond donors (Lipinski definition) is 1. The van der Waals surface area contributed by atoms with Crippen LogP contribution in [0.2, 0.25) is 0 Å². The maximum absolute atomic E-state index is 13.0. The first-order valence-electron chi connectivity index (χ1n) is 7.85. The number of nitrogens with zero attached hydrogens (tertiary/aromatic N) is 4. The Morgan fingerprint density at radius 1 is 1.18 bits per heavy atom. The highest BCUT2D eigenvalue weighted by atomic mass is 32.1. The molecule has 0 fully saturated rings. The Bertz CT molecular complexity index is 974. The van der Waals surface area contributed by atoms with Crippen molar-refractivity contribution in [2.24, 2.45) is 0 Å². The van der Waals surface area contributed by atoms with Gasteiger partial charge >= 0.3 is 6.18 Å². The molecule has 1 aromatic carbocycles. The molecule has 0 aliphatic carbocycles. The minimum absolute atomic E-state index is 0.00705. The van der Waals surface area contributed by atoms with Crippen molar-refractivity contribution in [1.82, 2.24) is 15.0 Å². The molecule has 6 nitrogen and oxygen atoms in total. The molecule has 146 valence electrons. The highest BCUT2D eigenvalue weighted by molar-refractivity contribution is 7.14. The molecule has 1 amide bonds. The lowest BCUT2D eigenvalue weighted by Crippen LogP contribution is -2.26. The maximum atomic E-state index is 13.0. The van der Waals surface area contributed by atoms with Crippen molar-refractivity contribution in [3.05, 3.63) is 53.4 Å². The minimum atomic E-state index is -4.37. The van der Waals surface area contributed by atoms with Gasteiger partial charge in [0.2, 0.25) is 0 Å². The lowest BCUT2D eigenvalue weighted by atomic mass is 10.2. The molecule has 3 rings (SSSR count). The number of anilines is 2. The molecule has 0 saturated heterocycles. The topological polar surface area (TPSA) is 71.0 Å². The average molecular weight is 411 g/mol.